The molecule has 0 radical (unpaired) electrons. The van der Waals surface area contributed by atoms with Gasteiger partial charge in [0.05, 0.1) is 22.8 Å². The molecule has 1 N–H and O–H groups in total. The lowest BCUT2D eigenvalue weighted by molar-refractivity contribution is -0.114. The van der Waals surface area contributed by atoms with E-state index in [9.17, 15) is 4.79 Å². The molecule has 0 fully saturated rings. The van der Waals surface area contributed by atoms with E-state index >= 15 is 0 Å². The standard InChI is InChI=1S/C25H19ClN4O2S/c26-20-10-4-5-11-22(20)32-14-13-29-12-6-9-18(29)15-19-23(27)30-21(17-7-2-1-3-8-17)16-33-25(30)28-24(19)31/h1-12,15-16,27H,13-14H2/b19-15-,27-23?. The van der Waals surface area contributed by atoms with Crippen LogP contribution in [0.15, 0.2) is 88.9 Å². The smallest absolute Gasteiger partial charge is 0.283 e. The van der Waals surface area contributed by atoms with Gasteiger partial charge in [-0.3, -0.25) is 15.1 Å². The molecule has 0 bridgehead atoms. The van der Waals surface area contributed by atoms with Crippen LogP contribution in [0.25, 0.3) is 11.8 Å². The summed E-state index contributed by atoms with van der Waals surface area (Å²) in [6, 6.07) is 20.9. The van der Waals surface area contributed by atoms with E-state index in [1.807, 2.05) is 76.8 Å². The maximum absolute atomic E-state index is 12.8. The van der Waals surface area contributed by atoms with Gasteiger partial charge >= 0.3 is 0 Å². The lowest BCUT2D eigenvalue weighted by atomic mass is 10.1. The van der Waals surface area contributed by atoms with Crippen molar-refractivity contribution in [3.05, 3.63) is 100 Å². The minimum absolute atomic E-state index is 0.116. The van der Waals surface area contributed by atoms with Crippen molar-refractivity contribution in [3.8, 4) is 5.75 Å². The Morgan fingerprint density at radius 1 is 1.06 bits per heavy atom. The van der Waals surface area contributed by atoms with Crippen LogP contribution >= 0.6 is 23.4 Å². The van der Waals surface area contributed by atoms with Crippen LogP contribution in [0.2, 0.25) is 5.02 Å². The van der Waals surface area contributed by atoms with Gasteiger partial charge in [-0.05, 0) is 35.9 Å². The summed E-state index contributed by atoms with van der Waals surface area (Å²) in [5.41, 5.74) is 2.84. The Kier molecular flexibility index (Phi) is 5.90. The lowest BCUT2D eigenvalue weighted by Crippen LogP contribution is -2.38. The van der Waals surface area contributed by atoms with E-state index in [4.69, 9.17) is 21.7 Å². The van der Waals surface area contributed by atoms with Gasteiger partial charge in [-0.2, -0.15) is 4.99 Å². The van der Waals surface area contributed by atoms with Gasteiger partial charge in [0.15, 0.2) is 5.17 Å². The lowest BCUT2D eigenvalue weighted by Gasteiger charge is -2.27. The average Bonchev–Trinajstić information content (AvgIpc) is 3.45. The Morgan fingerprint density at radius 3 is 2.67 bits per heavy atom. The molecule has 2 aliphatic rings. The number of halogens is 1. The number of nitrogens with one attached hydrogen (secondary N) is 1. The third-order valence-corrected chi connectivity index (χ3v) is 6.41. The van der Waals surface area contributed by atoms with Crippen molar-refractivity contribution in [2.45, 2.75) is 6.54 Å². The van der Waals surface area contributed by atoms with Crippen LogP contribution in [-0.2, 0) is 11.3 Å². The Bertz CT molecular complexity index is 1330. The fraction of sp³-hybridized carbons (Fsp3) is 0.0800. The molecule has 2 aromatic carbocycles. The van der Waals surface area contributed by atoms with Gasteiger partial charge in [0.1, 0.15) is 18.2 Å². The summed E-state index contributed by atoms with van der Waals surface area (Å²) in [7, 11) is 0. The van der Waals surface area contributed by atoms with Crippen molar-refractivity contribution >= 4 is 52.0 Å². The number of nitrogens with zero attached hydrogens (tertiary/aromatic N) is 3. The average molecular weight is 475 g/mol. The number of carbonyl (C=O) groups excluding carboxylic acids is 1. The summed E-state index contributed by atoms with van der Waals surface area (Å²) < 4.78 is 7.76. The number of benzene rings is 2. The summed E-state index contributed by atoms with van der Waals surface area (Å²) >= 11 is 7.50. The van der Waals surface area contributed by atoms with Crippen molar-refractivity contribution in [2.75, 3.05) is 6.61 Å². The first kappa shape index (κ1) is 21.3. The van der Waals surface area contributed by atoms with Crippen molar-refractivity contribution in [1.29, 1.82) is 5.41 Å². The van der Waals surface area contributed by atoms with Gasteiger partial charge in [-0.15, -0.1) is 0 Å². The molecule has 2 aliphatic heterocycles. The van der Waals surface area contributed by atoms with Gasteiger partial charge in [-0.25, -0.2) is 0 Å². The summed E-state index contributed by atoms with van der Waals surface area (Å²) in [6.07, 6.45) is 3.63. The first-order valence-electron chi connectivity index (χ1n) is 10.3. The van der Waals surface area contributed by atoms with E-state index in [0.717, 1.165) is 17.0 Å². The molecule has 0 saturated carbocycles. The Labute approximate surface area is 200 Å². The number of para-hydroxylation sites is 1. The van der Waals surface area contributed by atoms with Gasteiger partial charge in [-0.1, -0.05) is 65.8 Å². The van der Waals surface area contributed by atoms with E-state index in [0.29, 0.717) is 29.1 Å². The predicted octanol–water partition coefficient (Wildman–Crippen LogP) is 5.52. The number of ether oxygens (including phenoxy) is 1. The molecule has 6 nitrogen and oxygen atoms in total. The number of carbonyl (C=O) groups is 1. The molecule has 0 unspecified atom stereocenters. The van der Waals surface area contributed by atoms with Gasteiger partial charge in [0, 0.05) is 17.3 Å². The molecule has 0 spiro atoms. The molecular formula is C25H19ClN4O2S. The van der Waals surface area contributed by atoms with E-state index in [2.05, 4.69) is 4.99 Å². The first-order chi connectivity index (χ1) is 16.1. The summed E-state index contributed by atoms with van der Waals surface area (Å²) in [5, 5.41) is 11.8. The van der Waals surface area contributed by atoms with Crippen LogP contribution < -0.4 is 4.74 Å². The Morgan fingerprint density at radius 2 is 1.85 bits per heavy atom. The quantitative estimate of drug-likeness (QED) is 0.477. The number of amidine groups is 2. The van der Waals surface area contributed by atoms with Crippen LogP contribution in [0.3, 0.4) is 0 Å². The molecular weight excluding hydrogens is 456 g/mol. The maximum Gasteiger partial charge on any atom is 0.283 e. The molecule has 3 aromatic rings. The van der Waals surface area contributed by atoms with Crippen LogP contribution in [0.5, 0.6) is 5.75 Å². The largest absolute Gasteiger partial charge is 0.490 e. The van der Waals surface area contributed by atoms with Crippen LogP contribution in [0.4, 0.5) is 0 Å². The van der Waals surface area contributed by atoms with Crippen LogP contribution in [-0.4, -0.2) is 33.0 Å². The molecule has 0 saturated heterocycles. The van der Waals surface area contributed by atoms with Gasteiger partial charge < -0.3 is 9.30 Å². The van der Waals surface area contributed by atoms with Crippen molar-refractivity contribution in [1.82, 2.24) is 9.47 Å². The fourth-order valence-corrected chi connectivity index (χ4v) is 4.72. The highest BCUT2D eigenvalue weighted by Gasteiger charge is 2.36. The predicted molar refractivity (Wildman–Crippen MR) is 133 cm³/mol. The summed E-state index contributed by atoms with van der Waals surface area (Å²) in [5.74, 6) is 0.329. The van der Waals surface area contributed by atoms with Gasteiger partial charge in [0.25, 0.3) is 5.91 Å². The second kappa shape index (κ2) is 9.13. The fourth-order valence-electron chi connectivity index (χ4n) is 3.64. The number of aliphatic imine (C=N–C) groups is 1. The Balaban J connectivity index is 1.36. The zero-order valence-electron chi connectivity index (χ0n) is 17.4. The zero-order chi connectivity index (χ0) is 22.8. The van der Waals surface area contributed by atoms with E-state index in [-0.39, 0.29) is 11.4 Å². The molecule has 3 heterocycles. The molecule has 33 heavy (non-hydrogen) atoms. The Hall–Kier alpha value is -3.55. The molecule has 164 valence electrons. The topological polar surface area (TPSA) is 70.7 Å². The normalized spacial score (nSPS) is 16.6. The molecule has 1 aromatic heterocycles. The zero-order valence-corrected chi connectivity index (χ0v) is 19.0. The highest BCUT2D eigenvalue weighted by molar-refractivity contribution is 8.17. The second-order valence-electron chi connectivity index (χ2n) is 7.33. The van der Waals surface area contributed by atoms with E-state index in [1.165, 1.54) is 11.8 Å². The number of fused-ring (bicyclic) bond motifs is 1. The summed E-state index contributed by atoms with van der Waals surface area (Å²) in [6.45, 7) is 0.966. The number of amides is 1. The summed E-state index contributed by atoms with van der Waals surface area (Å²) in [4.78, 5) is 18.7. The second-order valence-corrected chi connectivity index (χ2v) is 8.58. The highest BCUT2D eigenvalue weighted by Crippen LogP contribution is 2.37. The molecule has 0 aliphatic carbocycles. The first-order valence-corrected chi connectivity index (χ1v) is 11.6. The number of hydrogen-bond donors (Lipinski definition) is 1. The number of thioether (sulfide) groups is 1. The highest BCUT2D eigenvalue weighted by atomic mass is 35.5. The van der Waals surface area contributed by atoms with E-state index < -0.39 is 5.91 Å². The minimum atomic E-state index is -0.415. The number of hydrogen-bond acceptors (Lipinski definition) is 4. The van der Waals surface area contributed by atoms with Crippen LogP contribution in [0, 0.1) is 5.41 Å². The third-order valence-electron chi connectivity index (χ3n) is 5.27. The molecule has 5 rings (SSSR count). The van der Waals surface area contributed by atoms with Crippen LogP contribution in [0.1, 0.15) is 11.3 Å². The molecule has 1 amide bonds. The van der Waals surface area contributed by atoms with Crippen molar-refractivity contribution in [3.63, 3.8) is 0 Å². The number of aromatic nitrogens is 1. The van der Waals surface area contributed by atoms with E-state index in [1.54, 1.807) is 17.0 Å². The number of rotatable bonds is 6. The van der Waals surface area contributed by atoms with Gasteiger partial charge in [0.2, 0.25) is 0 Å². The SMILES string of the molecule is N=C1/C(=C/c2cccn2CCOc2ccccc2Cl)C(=O)N=C2SC=C(c3ccccc3)N12. The monoisotopic (exact) mass is 474 g/mol. The minimum Gasteiger partial charge on any atom is -0.490 e. The maximum atomic E-state index is 12.8. The van der Waals surface area contributed by atoms with Crippen molar-refractivity contribution in [2.24, 2.45) is 4.99 Å². The molecule has 0 atom stereocenters. The third kappa shape index (κ3) is 4.25. The van der Waals surface area contributed by atoms with Crippen molar-refractivity contribution < 1.29 is 9.53 Å². The molecule has 8 heteroatoms.